The molecular weight excluding hydrogens is 203 g/mol. The summed E-state index contributed by atoms with van der Waals surface area (Å²) in [4.78, 5) is 2.38. The van der Waals surface area contributed by atoms with Crippen LogP contribution in [0.5, 0.6) is 0 Å². The molecule has 0 saturated heterocycles. The predicted octanol–water partition coefficient (Wildman–Crippen LogP) is 2.59. The van der Waals surface area contributed by atoms with Gasteiger partial charge in [-0.15, -0.1) is 0 Å². The lowest BCUT2D eigenvalue weighted by Crippen LogP contribution is -2.33. The normalized spacial score (nSPS) is 25.1. The lowest BCUT2D eigenvalue weighted by atomic mass is 10.1. The molecule has 2 aliphatic rings. The van der Waals surface area contributed by atoms with Crippen molar-refractivity contribution in [2.75, 3.05) is 11.4 Å². The number of nitrogens with zero attached hydrogens (tertiary/aromatic N) is 1. The molecule has 1 aromatic rings. The third-order valence-corrected chi connectivity index (χ3v) is 3.86. The van der Waals surface area contributed by atoms with Crippen LogP contribution in [0, 0.1) is 5.82 Å². The van der Waals surface area contributed by atoms with Gasteiger partial charge in [-0.1, -0.05) is 12.8 Å². The van der Waals surface area contributed by atoms with Crippen molar-refractivity contribution in [1.29, 1.82) is 0 Å². The van der Waals surface area contributed by atoms with Crippen LogP contribution < -0.4 is 10.6 Å². The van der Waals surface area contributed by atoms with Crippen LogP contribution in [-0.4, -0.2) is 12.6 Å². The number of benzene rings is 1. The van der Waals surface area contributed by atoms with Crippen LogP contribution in [0.2, 0.25) is 0 Å². The van der Waals surface area contributed by atoms with Gasteiger partial charge < -0.3 is 10.6 Å². The Hall–Kier alpha value is -1.09. The third kappa shape index (κ3) is 1.50. The van der Waals surface area contributed by atoms with E-state index in [4.69, 9.17) is 5.73 Å². The van der Waals surface area contributed by atoms with Crippen LogP contribution in [0.4, 0.5) is 10.1 Å². The van der Waals surface area contributed by atoms with Crippen molar-refractivity contribution in [2.45, 2.75) is 37.8 Å². The average molecular weight is 220 g/mol. The van der Waals surface area contributed by atoms with Crippen LogP contribution in [0.15, 0.2) is 18.2 Å². The van der Waals surface area contributed by atoms with E-state index in [0.29, 0.717) is 6.04 Å². The van der Waals surface area contributed by atoms with Crippen molar-refractivity contribution in [3.8, 4) is 0 Å². The number of anilines is 1. The highest BCUT2D eigenvalue weighted by atomic mass is 19.1. The van der Waals surface area contributed by atoms with Gasteiger partial charge in [0.1, 0.15) is 5.82 Å². The van der Waals surface area contributed by atoms with E-state index in [9.17, 15) is 4.39 Å². The smallest absolute Gasteiger partial charge is 0.123 e. The molecular formula is C13H17FN2. The summed E-state index contributed by atoms with van der Waals surface area (Å²) in [5.74, 6) is -0.178. The van der Waals surface area contributed by atoms with Crippen LogP contribution in [-0.2, 0) is 0 Å². The Bertz CT molecular complexity index is 399. The molecule has 1 aliphatic carbocycles. The molecule has 3 heteroatoms. The molecule has 1 aromatic carbocycles. The van der Waals surface area contributed by atoms with Crippen molar-refractivity contribution in [3.05, 3.63) is 29.6 Å². The second-order valence-corrected chi connectivity index (χ2v) is 4.90. The highest BCUT2D eigenvalue weighted by Gasteiger charge is 2.32. The molecule has 3 rings (SSSR count). The largest absolute Gasteiger partial charge is 0.366 e. The Morgan fingerprint density at radius 2 is 2.00 bits per heavy atom. The van der Waals surface area contributed by atoms with Crippen molar-refractivity contribution in [3.63, 3.8) is 0 Å². The number of hydrogen-bond donors (Lipinski definition) is 1. The first-order chi connectivity index (χ1) is 7.75. The van der Waals surface area contributed by atoms with Gasteiger partial charge in [0.2, 0.25) is 0 Å². The molecule has 0 amide bonds. The number of nitrogens with two attached hydrogens (primary N) is 1. The number of fused-ring (bicyclic) bond motifs is 1. The fraction of sp³-hybridized carbons (Fsp3) is 0.538. The van der Waals surface area contributed by atoms with Gasteiger partial charge in [0.15, 0.2) is 0 Å². The van der Waals surface area contributed by atoms with Gasteiger partial charge in [-0.25, -0.2) is 4.39 Å². The number of rotatable bonds is 1. The van der Waals surface area contributed by atoms with Crippen LogP contribution in [0.25, 0.3) is 0 Å². The first-order valence-electron chi connectivity index (χ1n) is 6.07. The van der Waals surface area contributed by atoms with Crippen LogP contribution in [0.1, 0.15) is 37.3 Å². The summed E-state index contributed by atoms with van der Waals surface area (Å²) in [5, 5.41) is 0. The summed E-state index contributed by atoms with van der Waals surface area (Å²) < 4.78 is 13.2. The van der Waals surface area contributed by atoms with E-state index in [0.717, 1.165) is 17.8 Å². The summed E-state index contributed by atoms with van der Waals surface area (Å²) in [6.45, 7) is 0.851. The molecule has 1 aliphatic heterocycles. The monoisotopic (exact) mass is 220 g/mol. The topological polar surface area (TPSA) is 29.3 Å². The molecule has 1 heterocycles. The first-order valence-corrected chi connectivity index (χ1v) is 6.07. The standard InChI is InChI=1S/C13H17FN2/c14-9-5-6-13-11(7-9)12(15)8-16(13)10-3-1-2-4-10/h5-7,10,12H,1-4,8,15H2/t12-/m1/s1. The quantitative estimate of drug-likeness (QED) is 0.788. The van der Waals surface area contributed by atoms with Gasteiger partial charge >= 0.3 is 0 Å². The summed E-state index contributed by atoms with van der Waals surface area (Å²) in [6.07, 6.45) is 5.13. The van der Waals surface area contributed by atoms with E-state index in [2.05, 4.69) is 4.90 Å². The molecule has 1 atom stereocenters. The van der Waals surface area contributed by atoms with E-state index in [1.807, 2.05) is 6.07 Å². The molecule has 1 saturated carbocycles. The first kappa shape index (κ1) is 10.1. The molecule has 16 heavy (non-hydrogen) atoms. The maximum absolute atomic E-state index is 13.2. The Morgan fingerprint density at radius 1 is 1.25 bits per heavy atom. The number of halogens is 1. The van der Waals surface area contributed by atoms with Gasteiger partial charge in [-0.05, 0) is 36.6 Å². The van der Waals surface area contributed by atoms with Crippen molar-refractivity contribution >= 4 is 5.69 Å². The Morgan fingerprint density at radius 3 is 2.75 bits per heavy atom. The fourth-order valence-electron chi connectivity index (χ4n) is 3.05. The zero-order valence-electron chi connectivity index (χ0n) is 9.32. The molecule has 0 aromatic heterocycles. The summed E-state index contributed by atoms with van der Waals surface area (Å²) in [6, 6.07) is 5.62. The number of hydrogen-bond acceptors (Lipinski definition) is 2. The minimum Gasteiger partial charge on any atom is -0.366 e. The minimum absolute atomic E-state index is 0.0219. The van der Waals surface area contributed by atoms with E-state index < -0.39 is 0 Å². The van der Waals surface area contributed by atoms with E-state index >= 15 is 0 Å². The molecule has 0 spiro atoms. The Balaban J connectivity index is 1.95. The van der Waals surface area contributed by atoms with Gasteiger partial charge in [0.05, 0.1) is 0 Å². The molecule has 1 fully saturated rings. The average Bonchev–Trinajstić information content (AvgIpc) is 2.87. The molecule has 86 valence electrons. The fourth-order valence-corrected chi connectivity index (χ4v) is 3.05. The van der Waals surface area contributed by atoms with Gasteiger partial charge in [-0.2, -0.15) is 0 Å². The highest BCUT2D eigenvalue weighted by Crippen LogP contribution is 2.38. The van der Waals surface area contributed by atoms with E-state index in [1.54, 1.807) is 12.1 Å². The molecule has 0 bridgehead atoms. The van der Waals surface area contributed by atoms with Crippen molar-refractivity contribution in [2.24, 2.45) is 5.73 Å². The van der Waals surface area contributed by atoms with Crippen molar-refractivity contribution in [1.82, 2.24) is 0 Å². The minimum atomic E-state index is -0.178. The molecule has 0 radical (unpaired) electrons. The zero-order chi connectivity index (χ0) is 11.1. The zero-order valence-corrected chi connectivity index (χ0v) is 9.32. The van der Waals surface area contributed by atoms with Crippen LogP contribution in [0.3, 0.4) is 0 Å². The maximum Gasteiger partial charge on any atom is 0.123 e. The second-order valence-electron chi connectivity index (χ2n) is 4.90. The van der Waals surface area contributed by atoms with Gasteiger partial charge in [0, 0.05) is 24.3 Å². The summed E-state index contributed by atoms with van der Waals surface area (Å²) in [5.41, 5.74) is 8.20. The van der Waals surface area contributed by atoms with Crippen LogP contribution >= 0.6 is 0 Å². The Labute approximate surface area is 95.2 Å². The molecule has 0 unspecified atom stereocenters. The van der Waals surface area contributed by atoms with Gasteiger partial charge in [-0.3, -0.25) is 0 Å². The second kappa shape index (κ2) is 3.74. The summed E-state index contributed by atoms with van der Waals surface area (Å²) in [7, 11) is 0. The predicted molar refractivity (Wildman–Crippen MR) is 62.9 cm³/mol. The summed E-state index contributed by atoms with van der Waals surface area (Å²) >= 11 is 0. The third-order valence-electron chi connectivity index (χ3n) is 3.86. The highest BCUT2D eigenvalue weighted by molar-refractivity contribution is 5.60. The van der Waals surface area contributed by atoms with E-state index in [1.165, 1.54) is 25.7 Å². The van der Waals surface area contributed by atoms with E-state index in [-0.39, 0.29) is 11.9 Å². The molecule has 2 nitrogen and oxygen atoms in total. The maximum atomic E-state index is 13.2. The lowest BCUT2D eigenvalue weighted by molar-refractivity contribution is 0.597. The van der Waals surface area contributed by atoms with Crippen molar-refractivity contribution < 1.29 is 4.39 Å². The SMILES string of the molecule is N[C@@H]1CN(C2CCCC2)c2ccc(F)cc21. The molecule has 2 N–H and O–H groups in total. The lowest BCUT2D eigenvalue weighted by Gasteiger charge is -2.26. The van der Waals surface area contributed by atoms with Gasteiger partial charge in [0.25, 0.3) is 0 Å². The Kier molecular flexibility index (Phi) is 2.36.